The van der Waals surface area contributed by atoms with Crippen molar-refractivity contribution in [3.05, 3.63) is 59.9 Å². The highest BCUT2D eigenvalue weighted by Crippen LogP contribution is 2.15. The molecule has 0 radical (unpaired) electrons. The summed E-state index contributed by atoms with van der Waals surface area (Å²) in [7, 11) is 0. The van der Waals surface area contributed by atoms with Crippen LogP contribution in [-0.4, -0.2) is 28.9 Å². The fraction of sp³-hybridized carbons (Fsp3) is 0.333. The van der Waals surface area contributed by atoms with Gasteiger partial charge in [0.05, 0.1) is 0 Å². The second-order valence-electron chi connectivity index (χ2n) is 5.62. The number of likely N-dealkylation sites (tertiary alicyclic amines) is 1. The Labute approximate surface area is 131 Å². The van der Waals surface area contributed by atoms with E-state index >= 15 is 0 Å². The normalized spacial score (nSPS) is 14.6. The number of benzene rings is 1. The van der Waals surface area contributed by atoms with Gasteiger partial charge < -0.3 is 10.2 Å². The van der Waals surface area contributed by atoms with Gasteiger partial charge in [0.25, 0.3) is 5.91 Å². The standard InChI is InChI=1S/C18H21N3O/c22-18(21-11-5-2-6-12-21)17-13-16(9-10-19-17)20-14-15-7-3-1-4-8-15/h1,3-4,7-10,13H,2,5-6,11-12,14H2,(H,19,20). The van der Waals surface area contributed by atoms with Crippen molar-refractivity contribution < 1.29 is 4.79 Å². The van der Waals surface area contributed by atoms with Crippen LogP contribution in [0.15, 0.2) is 48.7 Å². The molecule has 1 N–H and O–H groups in total. The highest BCUT2D eigenvalue weighted by Gasteiger charge is 2.19. The number of anilines is 1. The van der Waals surface area contributed by atoms with Crippen LogP contribution in [-0.2, 0) is 6.54 Å². The zero-order valence-corrected chi connectivity index (χ0v) is 12.7. The van der Waals surface area contributed by atoms with Gasteiger partial charge in [-0.2, -0.15) is 0 Å². The Kier molecular flexibility index (Phi) is 4.68. The summed E-state index contributed by atoms with van der Waals surface area (Å²) in [6, 6.07) is 14.0. The lowest BCUT2D eigenvalue weighted by Crippen LogP contribution is -2.36. The van der Waals surface area contributed by atoms with Crippen LogP contribution in [0.2, 0.25) is 0 Å². The molecule has 1 aromatic carbocycles. The zero-order chi connectivity index (χ0) is 15.2. The molecule has 2 heterocycles. The molecule has 0 unspecified atom stereocenters. The Morgan fingerprint density at radius 2 is 1.86 bits per heavy atom. The van der Waals surface area contributed by atoms with E-state index in [1.807, 2.05) is 35.2 Å². The molecule has 22 heavy (non-hydrogen) atoms. The van der Waals surface area contributed by atoms with E-state index in [-0.39, 0.29) is 5.91 Å². The van der Waals surface area contributed by atoms with Gasteiger partial charge in [-0.15, -0.1) is 0 Å². The number of nitrogens with one attached hydrogen (secondary N) is 1. The minimum absolute atomic E-state index is 0.0445. The van der Waals surface area contributed by atoms with Gasteiger partial charge in [0.15, 0.2) is 0 Å². The van der Waals surface area contributed by atoms with Crippen molar-refractivity contribution in [1.29, 1.82) is 0 Å². The Bertz CT molecular complexity index is 621. The van der Waals surface area contributed by atoms with Crippen LogP contribution in [0.4, 0.5) is 5.69 Å². The molecule has 0 atom stereocenters. The van der Waals surface area contributed by atoms with E-state index in [9.17, 15) is 4.79 Å². The highest BCUT2D eigenvalue weighted by atomic mass is 16.2. The van der Waals surface area contributed by atoms with Crippen molar-refractivity contribution in [1.82, 2.24) is 9.88 Å². The van der Waals surface area contributed by atoms with Crippen LogP contribution in [0.1, 0.15) is 35.3 Å². The Balaban J connectivity index is 1.65. The van der Waals surface area contributed by atoms with E-state index in [1.165, 1.54) is 12.0 Å². The molecule has 1 aromatic heterocycles. The highest BCUT2D eigenvalue weighted by molar-refractivity contribution is 5.93. The molecular formula is C18H21N3O. The van der Waals surface area contributed by atoms with Crippen LogP contribution >= 0.6 is 0 Å². The molecule has 4 heteroatoms. The van der Waals surface area contributed by atoms with E-state index < -0.39 is 0 Å². The summed E-state index contributed by atoms with van der Waals surface area (Å²) in [5.74, 6) is 0.0445. The van der Waals surface area contributed by atoms with E-state index in [1.54, 1.807) is 6.20 Å². The van der Waals surface area contributed by atoms with Gasteiger partial charge in [-0.1, -0.05) is 30.3 Å². The molecule has 114 valence electrons. The van der Waals surface area contributed by atoms with Gasteiger partial charge in [-0.3, -0.25) is 9.78 Å². The van der Waals surface area contributed by atoms with Crippen molar-refractivity contribution in [3.8, 4) is 0 Å². The SMILES string of the molecule is O=C(c1cc(NCc2ccccc2)ccn1)N1CCCCC1. The number of carbonyl (C=O) groups is 1. The van der Waals surface area contributed by atoms with Crippen LogP contribution in [0.3, 0.4) is 0 Å². The van der Waals surface area contributed by atoms with Crippen molar-refractivity contribution in [2.24, 2.45) is 0 Å². The number of hydrogen-bond acceptors (Lipinski definition) is 3. The summed E-state index contributed by atoms with van der Waals surface area (Å²) < 4.78 is 0. The summed E-state index contributed by atoms with van der Waals surface area (Å²) in [6.45, 7) is 2.44. The Hall–Kier alpha value is -2.36. The van der Waals surface area contributed by atoms with Crippen LogP contribution in [0.5, 0.6) is 0 Å². The molecule has 0 bridgehead atoms. The molecule has 0 aliphatic carbocycles. The Morgan fingerprint density at radius 1 is 1.09 bits per heavy atom. The lowest BCUT2D eigenvalue weighted by atomic mass is 10.1. The molecule has 3 rings (SSSR count). The second kappa shape index (κ2) is 7.07. The third kappa shape index (κ3) is 3.64. The zero-order valence-electron chi connectivity index (χ0n) is 12.7. The number of carbonyl (C=O) groups excluding carboxylic acids is 1. The van der Waals surface area contributed by atoms with Gasteiger partial charge >= 0.3 is 0 Å². The third-order valence-corrected chi connectivity index (χ3v) is 3.96. The molecule has 1 aliphatic rings. The van der Waals surface area contributed by atoms with Crippen molar-refractivity contribution in [3.63, 3.8) is 0 Å². The number of hydrogen-bond donors (Lipinski definition) is 1. The summed E-state index contributed by atoms with van der Waals surface area (Å²) in [4.78, 5) is 18.6. The van der Waals surface area contributed by atoms with E-state index in [2.05, 4.69) is 22.4 Å². The third-order valence-electron chi connectivity index (χ3n) is 3.96. The average Bonchev–Trinajstić information content (AvgIpc) is 2.61. The first-order valence-electron chi connectivity index (χ1n) is 7.86. The summed E-state index contributed by atoms with van der Waals surface area (Å²) >= 11 is 0. The van der Waals surface area contributed by atoms with E-state index in [0.29, 0.717) is 5.69 Å². The van der Waals surface area contributed by atoms with E-state index in [4.69, 9.17) is 0 Å². The molecule has 0 spiro atoms. The summed E-state index contributed by atoms with van der Waals surface area (Å²) in [5.41, 5.74) is 2.67. The number of rotatable bonds is 4. The number of nitrogens with zero attached hydrogens (tertiary/aromatic N) is 2. The van der Waals surface area contributed by atoms with Gasteiger partial charge in [-0.25, -0.2) is 0 Å². The molecule has 4 nitrogen and oxygen atoms in total. The predicted octanol–water partition coefficient (Wildman–Crippen LogP) is 3.32. The van der Waals surface area contributed by atoms with Gasteiger partial charge in [-0.05, 0) is 37.0 Å². The topological polar surface area (TPSA) is 45.2 Å². The second-order valence-corrected chi connectivity index (χ2v) is 5.62. The molecule has 1 aliphatic heterocycles. The largest absolute Gasteiger partial charge is 0.381 e. The maximum Gasteiger partial charge on any atom is 0.272 e. The Morgan fingerprint density at radius 3 is 2.64 bits per heavy atom. The molecule has 2 aromatic rings. The first-order valence-corrected chi connectivity index (χ1v) is 7.86. The monoisotopic (exact) mass is 295 g/mol. The quantitative estimate of drug-likeness (QED) is 0.941. The fourth-order valence-electron chi connectivity index (χ4n) is 2.72. The smallest absolute Gasteiger partial charge is 0.272 e. The summed E-state index contributed by atoms with van der Waals surface area (Å²) in [6.07, 6.45) is 5.11. The lowest BCUT2D eigenvalue weighted by molar-refractivity contribution is 0.0718. The van der Waals surface area contributed by atoms with Crippen LogP contribution in [0.25, 0.3) is 0 Å². The van der Waals surface area contributed by atoms with E-state index in [0.717, 1.165) is 38.2 Å². The van der Waals surface area contributed by atoms with Crippen molar-refractivity contribution in [2.45, 2.75) is 25.8 Å². The van der Waals surface area contributed by atoms with Crippen LogP contribution < -0.4 is 5.32 Å². The number of amides is 1. The fourth-order valence-corrected chi connectivity index (χ4v) is 2.72. The first kappa shape index (κ1) is 14.6. The van der Waals surface area contributed by atoms with Gasteiger partial charge in [0.1, 0.15) is 5.69 Å². The molecule has 1 fully saturated rings. The van der Waals surface area contributed by atoms with Crippen molar-refractivity contribution in [2.75, 3.05) is 18.4 Å². The lowest BCUT2D eigenvalue weighted by Gasteiger charge is -2.26. The molecule has 1 amide bonds. The van der Waals surface area contributed by atoms with Gasteiger partial charge in [0.2, 0.25) is 0 Å². The number of aromatic nitrogens is 1. The minimum Gasteiger partial charge on any atom is -0.381 e. The number of piperidine rings is 1. The molecule has 0 saturated carbocycles. The average molecular weight is 295 g/mol. The maximum absolute atomic E-state index is 12.5. The van der Waals surface area contributed by atoms with Crippen LogP contribution in [0, 0.1) is 0 Å². The number of pyridine rings is 1. The molecular weight excluding hydrogens is 274 g/mol. The van der Waals surface area contributed by atoms with Gasteiger partial charge in [0, 0.05) is 31.5 Å². The summed E-state index contributed by atoms with van der Waals surface area (Å²) in [5, 5.41) is 3.35. The minimum atomic E-state index is 0.0445. The predicted molar refractivity (Wildman–Crippen MR) is 87.8 cm³/mol. The first-order chi connectivity index (χ1) is 10.8. The van der Waals surface area contributed by atoms with Crippen molar-refractivity contribution >= 4 is 11.6 Å². The maximum atomic E-state index is 12.5. The molecule has 1 saturated heterocycles.